The SMILES string of the molecule is C=Cc1ccc(C=CC[SiH](OC)OC)cc1. The highest BCUT2D eigenvalue weighted by molar-refractivity contribution is 6.44. The highest BCUT2D eigenvalue weighted by Crippen LogP contribution is 2.08. The maximum Gasteiger partial charge on any atom is 0.324 e. The molecule has 0 radical (unpaired) electrons. The summed E-state index contributed by atoms with van der Waals surface area (Å²) in [5, 5.41) is 0. The van der Waals surface area contributed by atoms with E-state index in [2.05, 4.69) is 30.9 Å². The number of rotatable bonds is 6. The van der Waals surface area contributed by atoms with Crippen LogP contribution in [-0.4, -0.2) is 23.5 Å². The first-order chi connectivity index (χ1) is 7.80. The van der Waals surface area contributed by atoms with Crippen molar-refractivity contribution in [1.29, 1.82) is 0 Å². The zero-order valence-electron chi connectivity index (χ0n) is 9.85. The molecule has 0 aromatic heterocycles. The van der Waals surface area contributed by atoms with E-state index in [-0.39, 0.29) is 0 Å². The summed E-state index contributed by atoms with van der Waals surface area (Å²) in [7, 11) is 1.95. The molecular formula is C13H18O2Si. The minimum atomic E-state index is -1.45. The van der Waals surface area contributed by atoms with Crippen LogP contribution in [0.15, 0.2) is 36.9 Å². The highest BCUT2D eigenvalue weighted by atomic mass is 28.3. The van der Waals surface area contributed by atoms with Gasteiger partial charge in [0.1, 0.15) is 0 Å². The van der Waals surface area contributed by atoms with Gasteiger partial charge in [-0.25, -0.2) is 0 Å². The zero-order valence-corrected chi connectivity index (χ0v) is 11.0. The lowest BCUT2D eigenvalue weighted by Crippen LogP contribution is -2.17. The standard InChI is InChI=1S/C13H18O2Si/c1-4-12-7-9-13(10-8-12)6-5-11-16(14-2)15-3/h4-10,16H,1,11H2,2-3H3. The quantitative estimate of drug-likeness (QED) is 0.705. The fraction of sp³-hybridized carbons (Fsp3) is 0.231. The van der Waals surface area contributed by atoms with E-state index in [1.54, 1.807) is 14.2 Å². The van der Waals surface area contributed by atoms with E-state index in [0.29, 0.717) is 0 Å². The molecule has 0 bridgehead atoms. The van der Waals surface area contributed by atoms with Crippen LogP contribution in [0.5, 0.6) is 0 Å². The average molecular weight is 234 g/mol. The van der Waals surface area contributed by atoms with Crippen LogP contribution in [0.3, 0.4) is 0 Å². The Kier molecular flexibility index (Phi) is 5.78. The summed E-state index contributed by atoms with van der Waals surface area (Å²) in [6.45, 7) is 3.72. The van der Waals surface area contributed by atoms with Gasteiger partial charge >= 0.3 is 9.28 Å². The van der Waals surface area contributed by atoms with Gasteiger partial charge in [0.05, 0.1) is 0 Å². The van der Waals surface area contributed by atoms with Gasteiger partial charge in [0.25, 0.3) is 0 Å². The van der Waals surface area contributed by atoms with E-state index in [0.717, 1.165) is 11.6 Å². The Labute approximate surface area is 99.1 Å². The Bertz CT molecular complexity index is 339. The van der Waals surface area contributed by atoms with Crippen molar-refractivity contribution in [2.45, 2.75) is 6.04 Å². The van der Waals surface area contributed by atoms with Crippen LogP contribution in [0.25, 0.3) is 12.2 Å². The molecule has 0 amide bonds. The first kappa shape index (κ1) is 12.9. The van der Waals surface area contributed by atoms with Crippen LogP contribution in [0.4, 0.5) is 0 Å². The molecule has 0 atom stereocenters. The monoisotopic (exact) mass is 234 g/mol. The first-order valence-corrected chi connectivity index (χ1v) is 7.00. The van der Waals surface area contributed by atoms with Crippen molar-refractivity contribution in [3.63, 3.8) is 0 Å². The van der Waals surface area contributed by atoms with Gasteiger partial charge in [-0.15, -0.1) is 0 Å². The fourth-order valence-electron chi connectivity index (χ4n) is 1.35. The van der Waals surface area contributed by atoms with Crippen LogP contribution in [0, 0.1) is 0 Å². The maximum absolute atomic E-state index is 5.23. The van der Waals surface area contributed by atoms with E-state index in [1.165, 1.54) is 5.56 Å². The van der Waals surface area contributed by atoms with Gasteiger partial charge in [-0.2, -0.15) is 0 Å². The molecular weight excluding hydrogens is 216 g/mol. The molecule has 0 saturated heterocycles. The van der Waals surface area contributed by atoms with Crippen molar-refractivity contribution in [1.82, 2.24) is 0 Å². The summed E-state index contributed by atoms with van der Waals surface area (Å²) in [6.07, 6.45) is 6.03. The second kappa shape index (κ2) is 7.17. The van der Waals surface area contributed by atoms with Crippen molar-refractivity contribution >= 4 is 21.4 Å². The molecule has 2 nitrogen and oxygen atoms in total. The van der Waals surface area contributed by atoms with Crippen LogP contribution in [0.1, 0.15) is 11.1 Å². The Morgan fingerprint density at radius 2 is 1.69 bits per heavy atom. The second-order valence-electron chi connectivity index (χ2n) is 3.41. The molecule has 86 valence electrons. The Hall–Kier alpha value is -1.16. The molecule has 1 rings (SSSR count). The predicted octanol–water partition coefficient (Wildman–Crippen LogP) is 2.86. The third-order valence-corrected chi connectivity index (χ3v) is 4.05. The molecule has 1 aromatic rings. The largest absolute Gasteiger partial charge is 0.400 e. The Morgan fingerprint density at radius 3 is 2.19 bits per heavy atom. The molecule has 0 unspecified atom stereocenters. The summed E-state index contributed by atoms with van der Waals surface area (Å²) in [5.41, 5.74) is 2.32. The normalized spacial score (nSPS) is 11.2. The van der Waals surface area contributed by atoms with Crippen LogP contribution in [-0.2, 0) is 8.85 Å². The van der Waals surface area contributed by atoms with E-state index >= 15 is 0 Å². The highest BCUT2D eigenvalue weighted by Gasteiger charge is 2.05. The zero-order chi connectivity index (χ0) is 11.8. The summed E-state index contributed by atoms with van der Waals surface area (Å²) in [6, 6.07) is 9.13. The van der Waals surface area contributed by atoms with Crippen molar-refractivity contribution in [2.75, 3.05) is 14.2 Å². The van der Waals surface area contributed by atoms with Gasteiger partial charge in [0.2, 0.25) is 0 Å². The van der Waals surface area contributed by atoms with Gasteiger partial charge in [0.15, 0.2) is 0 Å². The topological polar surface area (TPSA) is 18.5 Å². The van der Waals surface area contributed by atoms with Crippen molar-refractivity contribution in [3.05, 3.63) is 48.0 Å². The van der Waals surface area contributed by atoms with Gasteiger partial charge in [0, 0.05) is 20.3 Å². The van der Waals surface area contributed by atoms with Crippen LogP contribution >= 0.6 is 0 Å². The maximum atomic E-state index is 5.23. The Balaban J connectivity index is 2.52. The van der Waals surface area contributed by atoms with Gasteiger partial charge in [-0.05, 0) is 11.1 Å². The molecule has 1 aromatic carbocycles. The molecule has 0 heterocycles. The molecule has 0 N–H and O–H groups in total. The molecule has 0 saturated carbocycles. The van der Waals surface area contributed by atoms with E-state index < -0.39 is 9.28 Å². The molecule has 0 aliphatic heterocycles. The molecule has 16 heavy (non-hydrogen) atoms. The lowest BCUT2D eigenvalue weighted by molar-refractivity contribution is 0.281. The van der Waals surface area contributed by atoms with Crippen LogP contribution in [0.2, 0.25) is 6.04 Å². The third-order valence-electron chi connectivity index (χ3n) is 2.34. The van der Waals surface area contributed by atoms with E-state index in [9.17, 15) is 0 Å². The minimum Gasteiger partial charge on any atom is -0.400 e. The summed E-state index contributed by atoms with van der Waals surface area (Å²) in [4.78, 5) is 0. The molecule has 0 aliphatic rings. The summed E-state index contributed by atoms with van der Waals surface area (Å²) < 4.78 is 10.5. The van der Waals surface area contributed by atoms with Gasteiger partial charge < -0.3 is 8.85 Å². The Morgan fingerprint density at radius 1 is 1.12 bits per heavy atom. The molecule has 0 fully saturated rings. The van der Waals surface area contributed by atoms with E-state index in [1.807, 2.05) is 18.2 Å². The fourth-order valence-corrected chi connectivity index (χ4v) is 2.28. The van der Waals surface area contributed by atoms with Crippen molar-refractivity contribution in [2.24, 2.45) is 0 Å². The molecule has 3 heteroatoms. The lowest BCUT2D eigenvalue weighted by Gasteiger charge is -2.06. The first-order valence-electron chi connectivity index (χ1n) is 5.24. The smallest absolute Gasteiger partial charge is 0.324 e. The summed E-state index contributed by atoms with van der Waals surface area (Å²) in [5.74, 6) is 0. The van der Waals surface area contributed by atoms with Crippen molar-refractivity contribution in [3.8, 4) is 0 Å². The number of hydrogen-bond donors (Lipinski definition) is 0. The number of benzene rings is 1. The summed E-state index contributed by atoms with van der Waals surface area (Å²) >= 11 is 0. The third kappa shape index (κ3) is 4.14. The van der Waals surface area contributed by atoms with Crippen molar-refractivity contribution < 1.29 is 8.85 Å². The average Bonchev–Trinajstić information content (AvgIpc) is 2.35. The predicted molar refractivity (Wildman–Crippen MR) is 71.5 cm³/mol. The molecule has 0 spiro atoms. The molecule has 0 aliphatic carbocycles. The number of hydrogen-bond acceptors (Lipinski definition) is 2. The van der Waals surface area contributed by atoms with Gasteiger partial charge in [-0.3, -0.25) is 0 Å². The second-order valence-corrected chi connectivity index (χ2v) is 5.68. The van der Waals surface area contributed by atoms with Gasteiger partial charge in [-0.1, -0.05) is 49.1 Å². The lowest BCUT2D eigenvalue weighted by atomic mass is 10.1. The van der Waals surface area contributed by atoms with Crippen LogP contribution < -0.4 is 0 Å². The minimum absolute atomic E-state index is 0.885. The van der Waals surface area contributed by atoms with E-state index in [4.69, 9.17) is 8.85 Å². The number of allylic oxidation sites excluding steroid dienone is 1.